The number of thiazole rings is 1. The lowest BCUT2D eigenvalue weighted by Crippen LogP contribution is -2.41. The lowest BCUT2D eigenvalue weighted by Gasteiger charge is -2.26. The molecule has 2 N–H and O–H groups in total. The van der Waals surface area contributed by atoms with E-state index in [0.717, 1.165) is 16.9 Å². The largest absolute Gasteiger partial charge is 0.466 e. The third kappa shape index (κ3) is 3.96. The molecule has 4 rings (SSSR count). The number of rotatable bonds is 5. The average Bonchev–Trinajstić information content (AvgIpc) is 3.15. The highest BCUT2D eigenvalue weighted by Crippen LogP contribution is 2.37. The molecule has 9 nitrogen and oxygen atoms in total. The van der Waals surface area contributed by atoms with E-state index in [9.17, 15) is 14.4 Å². The molecule has 3 aromatic heterocycles. The summed E-state index contributed by atoms with van der Waals surface area (Å²) in [6.07, 6.45) is 7.97. The van der Waals surface area contributed by atoms with Crippen LogP contribution < -0.4 is 20.5 Å². The van der Waals surface area contributed by atoms with Crippen LogP contribution in [0.5, 0.6) is 0 Å². The summed E-state index contributed by atoms with van der Waals surface area (Å²) in [5.74, 6) is -2.39. The van der Waals surface area contributed by atoms with Gasteiger partial charge in [-0.2, -0.15) is 0 Å². The van der Waals surface area contributed by atoms with Crippen LogP contribution in [0.4, 0.5) is 0 Å². The van der Waals surface area contributed by atoms with Crippen LogP contribution in [0.1, 0.15) is 24.0 Å². The van der Waals surface area contributed by atoms with E-state index < -0.39 is 23.4 Å². The SMILES string of the molecule is CCOC(=O)C1=C(N)n2c(sc(=Cc3ccncc3)c2=O)=C(C(=O)OC)C1c1ccncc1. The van der Waals surface area contributed by atoms with Crippen molar-refractivity contribution < 1.29 is 19.1 Å². The van der Waals surface area contributed by atoms with Gasteiger partial charge in [-0.3, -0.25) is 19.3 Å². The summed E-state index contributed by atoms with van der Waals surface area (Å²) in [5, 5.41) is 0. The topological polar surface area (TPSA) is 126 Å². The highest BCUT2D eigenvalue weighted by Gasteiger charge is 2.39. The Kier molecular flexibility index (Phi) is 6.18. The van der Waals surface area contributed by atoms with Crippen molar-refractivity contribution in [3.63, 3.8) is 0 Å². The molecular formula is C23H20N4O5S. The fraction of sp³-hybridized carbons (Fsp3) is 0.174. The van der Waals surface area contributed by atoms with Crippen molar-refractivity contribution in [2.75, 3.05) is 13.7 Å². The minimum Gasteiger partial charge on any atom is -0.466 e. The average molecular weight is 465 g/mol. The monoisotopic (exact) mass is 464 g/mol. The van der Waals surface area contributed by atoms with E-state index in [1.807, 2.05) is 0 Å². The minimum atomic E-state index is -0.897. The summed E-state index contributed by atoms with van der Waals surface area (Å²) < 4.78 is 12.1. The number of hydrogen-bond acceptors (Lipinski definition) is 9. The summed E-state index contributed by atoms with van der Waals surface area (Å²) in [7, 11) is 1.24. The van der Waals surface area contributed by atoms with Gasteiger partial charge in [0, 0.05) is 24.8 Å². The minimum absolute atomic E-state index is 0.00805. The summed E-state index contributed by atoms with van der Waals surface area (Å²) >= 11 is 1.09. The van der Waals surface area contributed by atoms with Crippen molar-refractivity contribution in [1.82, 2.24) is 14.5 Å². The van der Waals surface area contributed by atoms with Gasteiger partial charge in [0.1, 0.15) is 10.5 Å². The second-order valence-electron chi connectivity index (χ2n) is 6.98. The molecule has 0 aliphatic carbocycles. The third-order valence-electron chi connectivity index (χ3n) is 5.09. The summed E-state index contributed by atoms with van der Waals surface area (Å²) in [6, 6.07) is 6.84. The van der Waals surface area contributed by atoms with Gasteiger partial charge in [0.2, 0.25) is 0 Å². The van der Waals surface area contributed by atoms with Crippen LogP contribution in [-0.4, -0.2) is 40.2 Å². The van der Waals surface area contributed by atoms with Gasteiger partial charge in [0.05, 0.1) is 35.3 Å². The van der Waals surface area contributed by atoms with Gasteiger partial charge in [0.15, 0.2) is 0 Å². The fourth-order valence-electron chi connectivity index (χ4n) is 3.66. The van der Waals surface area contributed by atoms with Crippen LogP contribution in [0.15, 0.2) is 59.4 Å². The highest BCUT2D eigenvalue weighted by molar-refractivity contribution is 7.07. The van der Waals surface area contributed by atoms with E-state index in [0.29, 0.717) is 14.8 Å². The maximum atomic E-state index is 13.3. The number of esters is 2. The van der Waals surface area contributed by atoms with Crippen molar-refractivity contribution in [3.8, 4) is 0 Å². The van der Waals surface area contributed by atoms with Crippen LogP contribution in [0.2, 0.25) is 0 Å². The molecule has 1 unspecified atom stereocenters. The zero-order chi connectivity index (χ0) is 23.5. The molecule has 0 spiro atoms. The number of hydrogen-bond donors (Lipinski definition) is 1. The molecule has 0 aromatic carbocycles. The smallest absolute Gasteiger partial charge is 0.338 e. The lowest BCUT2D eigenvalue weighted by atomic mass is 9.83. The molecule has 1 aliphatic rings. The summed E-state index contributed by atoms with van der Waals surface area (Å²) in [6.45, 7) is 1.76. The molecule has 0 saturated heterocycles. The molecule has 0 radical (unpaired) electrons. The number of fused-ring (bicyclic) bond motifs is 1. The van der Waals surface area contributed by atoms with E-state index in [-0.39, 0.29) is 23.6 Å². The number of nitrogens with zero attached hydrogens (tertiary/aromatic N) is 3. The Morgan fingerprint density at radius 3 is 2.33 bits per heavy atom. The van der Waals surface area contributed by atoms with Gasteiger partial charge < -0.3 is 15.2 Å². The quantitative estimate of drug-likeness (QED) is 0.536. The second-order valence-corrected chi connectivity index (χ2v) is 8.01. The van der Waals surface area contributed by atoms with Gasteiger partial charge in [-0.15, -0.1) is 11.3 Å². The highest BCUT2D eigenvalue weighted by atomic mass is 32.1. The zero-order valence-corrected chi connectivity index (χ0v) is 18.7. The van der Waals surface area contributed by atoms with Gasteiger partial charge in [0.25, 0.3) is 5.56 Å². The number of ether oxygens (including phenoxy) is 2. The predicted octanol–water partition coefficient (Wildman–Crippen LogP) is 0.340. The maximum absolute atomic E-state index is 13.3. The number of methoxy groups -OCH3 is 1. The lowest BCUT2D eigenvalue weighted by molar-refractivity contribution is -0.138. The van der Waals surface area contributed by atoms with Crippen molar-refractivity contribution in [2.24, 2.45) is 5.73 Å². The standard InChI is InChI=1S/C23H20N4O5S/c1-3-32-23(30)17-16(14-6-10-26-11-7-14)18(22(29)31-2)21-27(19(17)24)20(28)15(33-21)12-13-4-8-25-9-5-13/h4-12,16H,3,24H2,1-2H3. The first kappa shape index (κ1) is 22.2. The summed E-state index contributed by atoms with van der Waals surface area (Å²) in [5.41, 5.74) is 7.40. The zero-order valence-electron chi connectivity index (χ0n) is 17.8. The molecule has 10 heteroatoms. The van der Waals surface area contributed by atoms with E-state index in [1.54, 1.807) is 62.1 Å². The number of aromatic nitrogens is 3. The molecule has 0 saturated carbocycles. The van der Waals surface area contributed by atoms with Crippen LogP contribution >= 0.6 is 11.3 Å². The molecule has 168 valence electrons. The number of pyridine rings is 2. The van der Waals surface area contributed by atoms with Crippen LogP contribution in [0, 0.1) is 0 Å². The van der Waals surface area contributed by atoms with Gasteiger partial charge in [-0.25, -0.2) is 9.59 Å². The Morgan fingerprint density at radius 1 is 1.09 bits per heavy atom. The van der Waals surface area contributed by atoms with Crippen molar-refractivity contribution in [2.45, 2.75) is 12.8 Å². The third-order valence-corrected chi connectivity index (χ3v) is 6.20. The van der Waals surface area contributed by atoms with Gasteiger partial charge in [-0.05, 0) is 48.4 Å². The molecular weight excluding hydrogens is 444 g/mol. The maximum Gasteiger partial charge on any atom is 0.338 e. The second kappa shape index (κ2) is 9.21. The first-order chi connectivity index (χ1) is 16.0. The van der Waals surface area contributed by atoms with Crippen molar-refractivity contribution in [1.29, 1.82) is 0 Å². The molecule has 3 aromatic rings. The molecule has 0 fully saturated rings. The van der Waals surface area contributed by atoms with E-state index in [1.165, 1.54) is 11.7 Å². The molecule has 4 heterocycles. The number of carbonyl (C=O) groups is 2. The van der Waals surface area contributed by atoms with Crippen LogP contribution in [0.3, 0.4) is 0 Å². The summed E-state index contributed by atoms with van der Waals surface area (Å²) in [4.78, 5) is 47.3. The predicted molar refractivity (Wildman–Crippen MR) is 122 cm³/mol. The Labute approximate surface area is 192 Å². The molecule has 0 bridgehead atoms. The number of nitrogens with two attached hydrogens (primary N) is 1. The molecule has 1 atom stereocenters. The Hall–Kier alpha value is -4.05. The van der Waals surface area contributed by atoms with E-state index in [4.69, 9.17) is 15.2 Å². The van der Waals surface area contributed by atoms with Crippen LogP contribution in [0.25, 0.3) is 17.5 Å². The van der Waals surface area contributed by atoms with Crippen LogP contribution in [-0.2, 0) is 19.1 Å². The first-order valence-corrected chi connectivity index (χ1v) is 10.8. The van der Waals surface area contributed by atoms with E-state index in [2.05, 4.69) is 9.97 Å². The van der Waals surface area contributed by atoms with E-state index >= 15 is 0 Å². The Bertz CT molecular complexity index is 1420. The van der Waals surface area contributed by atoms with Crippen molar-refractivity contribution >= 4 is 40.7 Å². The molecule has 0 amide bonds. The van der Waals surface area contributed by atoms with Gasteiger partial charge >= 0.3 is 11.9 Å². The van der Waals surface area contributed by atoms with Crippen molar-refractivity contribution in [3.05, 3.63) is 85.3 Å². The molecule has 1 aliphatic heterocycles. The fourth-order valence-corrected chi connectivity index (χ4v) is 4.83. The molecule has 33 heavy (non-hydrogen) atoms. The first-order valence-electron chi connectivity index (χ1n) is 10.0. The number of carbonyl (C=O) groups excluding carboxylic acids is 2. The Morgan fingerprint density at radius 2 is 1.73 bits per heavy atom. The normalized spacial score (nSPS) is 15.9. The van der Waals surface area contributed by atoms with Gasteiger partial charge in [-0.1, -0.05) is 0 Å². The Balaban J connectivity index is 2.12.